The first kappa shape index (κ1) is 18.7. The molecule has 0 saturated carbocycles. The molecule has 2 N–H and O–H groups in total. The number of furan rings is 1. The lowest BCUT2D eigenvalue weighted by molar-refractivity contribution is -0.133. The number of anilines is 1. The first-order chi connectivity index (χ1) is 12.6. The molecular formula is C20H23N3O4. The van der Waals surface area contributed by atoms with Crippen LogP contribution in [-0.2, 0) is 15.1 Å². The van der Waals surface area contributed by atoms with E-state index in [-0.39, 0.29) is 6.54 Å². The molecule has 4 amide bonds. The lowest BCUT2D eigenvalue weighted by Crippen LogP contribution is -2.42. The van der Waals surface area contributed by atoms with Crippen LogP contribution in [-0.4, -0.2) is 29.3 Å². The number of benzene rings is 1. The molecule has 3 rings (SSSR count). The van der Waals surface area contributed by atoms with Crippen molar-refractivity contribution in [3.63, 3.8) is 0 Å². The first-order valence-corrected chi connectivity index (χ1v) is 8.71. The molecule has 0 bridgehead atoms. The Hall–Kier alpha value is -3.09. The molecule has 1 saturated heterocycles. The summed E-state index contributed by atoms with van der Waals surface area (Å²) in [6.45, 7) is 8.62. The summed E-state index contributed by atoms with van der Waals surface area (Å²) >= 11 is 0. The highest BCUT2D eigenvalue weighted by Gasteiger charge is 2.51. The van der Waals surface area contributed by atoms with Crippen molar-refractivity contribution in [1.82, 2.24) is 10.2 Å². The lowest BCUT2D eigenvalue weighted by atomic mass is 9.92. The van der Waals surface area contributed by atoms with Gasteiger partial charge in [0.05, 0.1) is 0 Å². The van der Waals surface area contributed by atoms with E-state index in [2.05, 4.69) is 10.6 Å². The van der Waals surface area contributed by atoms with E-state index in [1.54, 1.807) is 32.9 Å². The van der Waals surface area contributed by atoms with Crippen LogP contribution in [0.15, 0.2) is 28.7 Å². The summed E-state index contributed by atoms with van der Waals surface area (Å²) in [5, 5.41) is 5.46. The van der Waals surface area contributed by atoms with E-state index >= 15 is 0 Å². The van der Waals surface area contributed by atoms with Crippen LogP contribution < -0.4 is 10.6 Å². The Morgan fingerprint density at radius 1 is 1.22 bits per heavy atom. The maximum Gasteiger partial charge on any atom is 0.325 e. The molecule has 0 unspecified atom stereocenters. The smallest absolute Gasteiger partial charge is 0.325 e. The van der Waals surface area contributed by atoms with Gasteiger partial charge in [0.15, 0.2) is 0 Å². The summed E-state index contributed by atoms with van der Waals surface area (Å²) < 4.78 is 5.49. The topological polar surface area (TPSA) is 91.7 Å². The number of carbonyl (C=O) groups excluding carboxylic acids is 3. The third-order valence-electron chi connectivity index (χ3n) is 5.04. The fourth-order valence-electron chi connectivity index (χ4n) is 3.37. The molecule has 1 atom stereocenters. The average Bonchev–Trinajstić information content (AvgIpc) is 3.04. The van der Waals surface area contributed by atoms with Crippen molar-refractivity contribution in [1.29, 1.82) is 0 Å². The van der Waals surface area contributed by atoms with Crippen molar-refractivity contribution >= 4 is 23.5 Å². The molecular weight excluding hydrogens is 346 g/mol. The Morgan fingerprint density at radius 3 is 2.56 bits per heavy atom. The fourth-order valence-corrected chi connectivity index (χ4v) is 3.37. The maximum atomic E-state index is 12.9. The van der Waals surface area contributed by atoms with Crippen LogP contribution in [0.1, 0.15) is 35.1 Å². The van der Waals surface area contributed by atoms with Crippen LogP contribution in [0.3, 0.4) is 0 Å². The van der Waals surface area contributed by atoms with Gasteiger partial charge in [-0.1, -0.05) is 12.1 Å². The van der Waals surface area contributed by atoms with Gasteiger partial charge in [0, 0.05) is 11.3 Å². The van der Waals surface area contributed by atoms with Gasteiger partial charge in [-0.05, 0) is 57.9 Å². The standard InChI is InChI=1S/C20H23N3O4/c1-11-7-6-8-16(13(11)3)21-17(24)10-23-18(25)20(5,22-19(23)26)15-9-12(2)27-14(15)4/h6-9H,10H2,1-5H3,(H,21,24)(H,22,26)/t20-/m0/s1. The van der Waals surface area contributed by atoms with Crippen LogP contribution >= 0.6 is 0 Å². The molecule has 7 nitrogen and oxygen atoms in total. The summed E-state index contributed by atoms with van der Waals surface area (Å²) in [5.41, 5.74) is 1.99. The van der Waals surface area contributed by atoms with E-state index < -0.39 is 23.4 Å². The third-order valence-corrected chi connectivity index (χ3v) is 5.04. The quantitative estimate of drug-likeness (QED) is 0.811. The Kier molecular flexibility index (Phi) is 4.55. The Labute approximate surface area is 157 Å². The number of hydrogen-bond acceptors (Lipinski definition) is 4. The number of nitrogens with zero attached hydrogens (tertiary/aromatic N) is 1. The average molecular weight is 369 g/mol. The molecule has 27 heavy (non-hydrogen) atoms. The Morgan fingerprint density at radius 2 is 1.93 bits per heavy atom. The summed E-state index contributed by atoms with van der Waals surface area (Å²) in [7, 11) is 0. The number of rotatable bonds is 4. The zero-order chi connectivity index (χ0) is 19.9. The first-order valence-electron chi connectivity index (χ1n) is 8.71. The summed E-state index contributed by atoms with van der Waals surface area (Å²) in [5.74, 6) is 0.297. The summed E-state index contributed by atoms with van der Waals surface area (Å²) in [4.78, 5) is 38.7. The third kappa shape index (κ3) is 3.20. The number of amides is 4. The highest BCUT2D eigenvalue weighted by atomic mass is 16.3. The van der Waals surface area contributed by atoms with Crippen molar-refractivity contribution in [3.8, 4) is 0 Å². The van der Waals surface area contributed by atoms with Crippen molar-refractivity contribution in [2.24, 2.45) is 0 Å². The van der Waals surface area contributed by atoms with Gasteiger partial charge in [0.1, 0.15) is 23.6 Å². The SMILES string of the molecule is Cc1cc([C@]2(C)NC(=O)N(CC(=O)Nc3cccc(C)c3C)C2=O)c(C)o1. The molecule has 1 aromatic carbocycles. The van der Waals surface area contributed by atoms with Gasteiger partial charge in [-0.15, -0.1) is 0 Å². The number of nitrogens with one attached hydrogen (secondary N) is 2. The Balaban J connectivity index is 1.78. The predicted molar refractivity (Wildman–Crippen MR) is 100 cm³/mol. The monoisotopic (exact) mass is 369 g/mol. The van der Waals surface area contributed by atoms with E-state index in [1.165, 1.54) is 0 Å². The molecule has 1 fully saturated rings. The van der Waals surface area contributed by atoms with Gasteiger partial charge in [0.25, 0.3) is 5.91 Å². The minimum Gasteiger partial charge on any atom is -0.466 e. The van der Waals surface area contributed by atoms with E-state index in [1.807, 2.05) is 26.0 Å². The van der Waals surface area contributed by atoms with Crippen molar-refractivity contribution in [3.05, 3.63) is 52.5 Å². The number of imide groups is 1. The summed E-state index contributed by atoms with van der Waals surface area (Å²) in [6.07, 6.45) is 0. The van der Waals surface area contributed by atoms with Crippen molar-refractivity contribution in [2.45, 2.75) is 40.2 Å². The number of aryl methyl sites for hydroxylation is 3. The molecule has 1 aliphatic rings. The molecule has 2 heterocycles. The minimum atomic E-state index is -1.25. The summed E-state index contributed by atoms with van der Waals surface area (Å²) in [6, 6.07) is 6.70. The number of carbonyl (C=O) groups is 3. The molecule has 1 aliphatic heterocycles. The zero-order valence-corrected chi connectivity index (χ0v) is 16.1. The fraction of sp³-hybridized carbons (Fsp3) is 0.350. The van der Waals surface area contributed by atoms with E-state index in [9.17, 15) is 14.4 Å². The van der Waals surface area contributed by atoms with Crippen molar-refractivity contribution < 1.29 is 18.8 Å². The van der Waals surface area contributed by atoms with Gasteiger partial charge < -0.3 is 15.1 Å². The minimum absolute atomic E-state index is 0.358. The van der Waals surface area contributed by atoms with Crippen LogP contribution in [0, 0.1) is 27.7 Å². The van der Waals surface area contributed by atoms with Gasteiger partial charge in [-0.3, -0.25) is 14.5 Å². The van der Waals surface area contributed by atoms with Crippen LogP contribution in [0.2, 0.25) is 0 Å². The second-order valence-corrected chi connectivity index (χ2v) is 7.07. The zero-order valence-electron chi connectivity index (χ0n) is 16.1. The molecule has 7 heteroatoms. The number of urea groups is 1. The van der Waals surface area contributed by atoms with Gasteiger partial charge in [-0.2, -0.15) is 0 Å². The molecule has 0 aliphatic carbocycles. The van der Waals surface area contributed by atoms with E-state index in [0.29, 0.717) is 22.8 Å². The molecule has 0 spiro atoms. The molecule has 1 aromatic heterocycles. The van der Waals surface area contributed by atoms with Crippen LogP contribution in [0.5, 0.6) is 0 Å². The highest BCUT2D eigenvalue weighted by Crippen LogP contribution is 2.32. The number of hydrogen-bond donors (Lipinski definition) is 2. The lowest BCUT2D eigenvalue weighted by Gasteiger charge is -2.21. The largest absolute Gasteiger partial charge is 0.466 e. The highest BCUT2D eigenvalue weighted by molar-refractivity contribution is 6.10. The second-order valence-electron chi connectivity index (χ2n) is 7.07. The Bertz CT molecular complexity index is 947. The van der Waals surface area contributed by atoms with E-state index in [0.717, 1.165) is 16.0 Å². The predicted octanol–water partition coefficient (Wildman–Crippen LogP) is 2.92. The molecule has 142 valence electrons. The second kappa shape index (κ2) is 6.57. The van der Waals surface area contributed by atoms with Crippen LogP contribution in [0.4, 0.5) is 10.5 Å². The van der Waals surface area contributed by atoms with E-state index in [4.69, 9.17) is 4.42 Å². The normalized spacial score (nSPS) is 19.4. The van der Waals surface area contributed by atoms with Gasteiger partial charge in [-0.25, -0.2) is 4.79 Å². The van der Waals surface area contributed by atoms with Gasteiger partial charge >= 0.3 is 6.03 Å². The van der Waals surface area contributed by atoms with Gasteiger partial charge in [0.2, 0.25) is 5.91 Å². The van der Waals surface area contributed by atoms with Crippen LogP contribution in [0.25, 0.3) is 0 Å². The maximum absolute atomic E-state index is 12.9. The molecule has 2 aromatic rings. The molecule has 0 radical (unpaired) electrons. The van der Waals surface area contributed by atoms with Crippen molar-refractivity contribution in [2.75, 3.05) is 11.9 Å².